The molecule has 5 nitrogen and oxygen atoms in total. The van der Waals surface area contributed by atoms with Gasteiger partial charge in [-0.05, 0) is 31.4 Å². The molecule has 1 aliphatic heterocycles. The lowest BCUT2D eigenvalue weighted by Crippen LogP contribution is -2.45. The minimum Gasteiger partial charge on any atom is -0.496 e. The molecule has 0 saturated heterocycles. The van der Waals surface area contributed by atoms with Crippen LogP contribution in [-0.4, -0.2) is 43.8 Å². The van der Waals surface area contributed by atoms with Gasteiger partial charge in [-0.25, -0.2) is 0 Å². The van der Waals surface area contributed by atoms with Crippen LogP contribution in [0.4, 0.5) is 0 Å². The van der Waals surface area contributed by atoms with Crippen molar-refractivity contribution < 1.29 is 14.3 Å². The first-order valence-electron chi connectivity index (χ1n) is 9.02. The predicted molar refractivity (Wildman–Crippen MR) is 95.5 cm³/mol. The second-order valence-electron chi connectivity index (χ2n) is 6.18. The molecule has 1 atom stereocenters. The quantitative estimate of drug-likeness (QED) is 0.754. The SMILES string of the molecule is CCCC(=O)NCCN(CCC)C1CCc2c(OC)cccc2O1. The van der Waals surface area contributed by atoms with Gasteiger partial charge in [-0.15, -0.1) is 0 Å². The van der Waals surface area contributed by atoms with Crippen molar-refractivity contribution in [3.63, 3.8) is 0 Å². The first kappa shape index (κ1) is 18.6. The fourth-order valence-corrected chi connectivity index (χ4v) is 3.17. The summed E-state index contributed by atoms with van der Waals surface area (Å²) in [5.41, 5.74) is 1.16. The zero-order valence-electron chi connectivity index (χ0n) is 15.1. The maximum atomic E-state index is 11.6. The number of benzene rings is 1. The van der Waals surface area contributed by atoms with E-state index in [0.717, 1.165) is 55.8 Å². The van der Waals surface area contributed by atoms with Gasteiger partial charge >= 0.3 is 0 Å². The Labute approximate surface area is 145 Å². The minimum absolute atomic E-state index is 0.0626. The van der Waals surface area contributed by atoms with Gasteiger partial charge in [0.25, 0.3) is 0 Å². The Kier molecular flexibility index (Phi) is 7.37. The number of fused-ring (bicyclic) bond motifs is 1. The van der Waals surface area contributed by atoms with Gasteiger partial charge in [-0.3, -0.25) is 9.69 Å². The highest BCUT2D eigenvalue weighted by Gasteiger charge is 2.26. The van der Waals surface area contributed by atoms with E-state index in [-0.39, 0.29) is 12.1 Å². The predicted octanol–water partition coefficient (Wildman–Crippen LogP) is 2.97. The summed E-state index contributed by atoms with van der Waals surface area (Å²) in [4.78, 5) is 13.9. The summed E-state index contributed by atoms with van der Waals surface area (Å²) >= 11 is 0. The Hall–Kier alpha value is -1.75. The topological polar surface area (TPSA) is 50.8 Å². The van der Waals surface area contributed by atoms with E-state index in [2.05, 4.69) is 17.1 Å². The van der Waals surface area contributed by atoms with Crippen LogP contribution in [0.1, 0.15) is 45.1 Å². The van der Waals surface area contributed by atoms with Crippen molar-refractivity contribution in [2.24, 2.45) is 0 Å². The molecule has 1 aromatic rings. The van der Waals surface area contributed by atoms with Crippen molar-refractivity contribution in [1.29, 1.82) is 0 Å². The molecule has 2 rings (SSSR count). The van der Waals surface area contributed by atoms with Gasteiger partial charge < -0.3 is 14.8 Å². The van der Waals surface area contributed by atoms with E-state index >= 15 is 0 Å². The molecule has 1 amide bonds. The van der Waals surface area contributed by atoms with Crippen LogP contribution in [-0.2, 0) is 11.2 Å². The van der Waals surface area contributed by atoms with Gasteiger partial charge in [0.05, 0.1) is 7.11 Å². The Morgan fingerprint density at radius 3 is 2.88 bits per heavy atom. The van der Waals surface area contributed by atoms with Gasteiger partial charge in [0.2, 0.25) is 5.91 Å². The summed E-state index contributed by atoms with van der Waals surface area (Å²) in [6.07, 6.45) is 4.50. The van der Waals surface area contributed by atoms with Gasteiger partial charge in [-0.2, -0.15) is 0 Å². The van der Waals surface area contributed by atoms with Gasteiger partial charge in [0, 0.05) is 38.0 Å². The molecule has 1 aromatic carbocycles. The van der Waals surface area contributed by atoms with Crippen LogP contribution in [0.25, 0.3) is 0 Å². The summed E-state index contributed by atoms with van der Waals surface area (Å²) in [6.45, 7) is 6.64. The Balaban J connectivity index is 1.95. The van der Waals surface area contributed by atoms with Crippen LogP contribution in [0.15, 0.2) is 18.2 Å². The minimum atomic E-state index is 0.0626. The van der Waals surface area contributed by atoms with E-state index in [0.29, 0.717) is 13.0 Å². The molecule has 5 heteroatoms. The molecule has 134 valence electrons. The number of hydrogen-bond acceptors (Lipinski definition) is 4. The van der Waals surface area contributed by atoms with Crippen LogP contribution in [0.2, 0.25) is 0 Å². The molecule has 1 heterocycles. The largest absolute Gasteiger partial charge is 0.496 e. The highest BCUT2D eigenvalue weighted by atomic mass is 16.5. The van der Waals surface area contributed by atoms with E-state index in [9.17, 15) is 4.79 Å². The fraction of sp³-hybridized carbons (Fsp3) is 0.632. The molecule has 0 radical (unpaired) electrons. The molecule has 0 bridgehead atoms. The maximum absolute atomic E-state index is 11.6. The highest BCUT2D eigenvalue weighted by Crippen LogP contribution is 2.35. The van der Waals surface area contributed by atoms with Crippen LogP contribution in [0.3, 0.4) is 0 Å². The first-order chi connectivity index (χ1) is 11.7. The average Bonchev–Trinajstić information content (AvgIpc) is 2.60. The zero-order valence-corrected chi connectivity index (χ0v) is 15.1. The third-order valence-corrected chi connectivity index (χ3v) is 4.33. The molecule has 0 aromatic heterocycles. The van der Waals surface area contributed by atoms with Crippen LogP contribution in [0, 0.1) is 0 Å². The van der Waals surface area contributed by atoms with E-state index in [1.165, 1.54) is 0 Å². The fourth-order valence-electron chi connectivity index (χ4n) is 3.17. The third-order valence-electron chi connectivity index (χ3n) is 4.33. The van der Waals surface area contributed by atoms with Crippen molar-refractivity contribution in [1.82, 2.24) is 10.2 Å². The van der Waals surface area contributed by atoms with E-state index in [1.54, 1.807) is 7.11 Å². The zero-order chi connectivity index (χ0) is 17.4. The van der Waals surface area contributed by atoms with Crippen molar-refractivity contribution in [2.75, 3.05) is 26.7 Å². The number of hydrogen-bond donors (Lipinski definition) is 1. The Bertz CT molecular complexity index is 533. The molecule has 1 unspecified atom stereocenters. The molecular formula is C19H30N2O3. The Morgan fingerprint density at radius 1 is 1.33 bits per heavy atom. The normalized spacial score (nSPS) is 16.4. The number of carbonyl (C=O) groups is 1. The van der Waals surface area contributed by atoms with E-state index in [4.69, 9.17) is 9.47 Å². The molecule has 1 N–H and O–H groups in total. The summed E-state index contributed by atoms with van der Waals surface area (Å²) in [5.74, 6) is 1.95. The standard InChI is InChI=1S/C19H30N2O3/c1-4-7-18(22)20-12-14-21(13-5-2)19-11-10-15-16(23-3)8-6-9-17(15)24-19/h6,8-9,19H,4-5,7,10-14H2,1-3H3,(H,20,22). The number of carbonyl (C=O) groups excluding carboxylic acids is 1. The molecular weight excluding hydrogens is 304 g/mol. The van der Waals surface area contributed by atoms with Crippen LogP contribution in [0.5, 0.6) is 11.5 Å². The number of ether oxygens (including phenoxy) is 2. The van der Waals surface area contributed by atoms with Crippen molar-refractivity contribution in [3.8, 4) is 11.5 Å². The summed E-state index contributed by atoms with van der Waals surface area (Å²) in [7, 11) is 1.70. The lowest BCUT2D eigenvalue weighted by molar-refractivity contribution is -0.121. The summed E-state index contributed by atoms with van der Waals surface area (Å²) in [5, 5.41) is 2.99. The molecule has 1 aliphatic rings. The van der Waals surface area contributed by atoms with Crippen LogP contribution < -0.4 is 14.8 Å². The lowest BCUT2D eigenvalue weighted by atomic mass is 10.0. The smallest absolute Gasteiger partial charge is 0.220 e. The second-order valence-corrected chi connectivity index (χ2v) is 6.18. The highest BCUT2D eigenvalue weighted by molar-refractivity contribution is 5.75. The van der Waals surface area contributed by atoms with Gasteiger partial charge in [0.15, 0.2) is 6.23 Å². The number of nitrogens with zero attached hydrogens (tertiary/aromatic N) is 1. The molecule has 0 saturated carbocycles. The monoisotopic (exact) mass is 334 g/mol. The maximum Gasteiger partial charge on any atom is 0.220 e. The van der Waals surface area contributed by atoms with E-state index < -0.39 is 0 Å². The number of rotatable bonds is 9. The third kappa shape index (κ3) is 4.87. The Morgan fingerprint density at radius 2 is 2.17 bits per heavy atom. The second kappa shape index (κ2) is 9.52. The van der Waals surface area contributed by atoms with Crippen molar-refractivity contribution >= 4 is 5.91 Å². The molecule has 0 fully saturated rings. The first-order valence-corrected chi connectivity index (χ1v) is 9.02. The van der Waals surface area contributed by atoms with Crippen molar-refractivity contribution in [3.05, 3.63) is 23.8 Å². The number of nitrogens with one attached hydrogen (secondary N) is 1. The van der Waals surface area contributed by atoms with Crippen molar-refractivity contribution in [2.45, 2.75) is 52.2 Å². The van der Waals surface area contributed by atoms with E-state index in [1.807, 2.05) is 25.1 Å². The number of methoxy groups -OCH3 is 1. The number of amides is 1. The molecule has 24 heavy (non-hydrogen) atoms. The van der Waals surface area contributed by atoms with Gasteiger partial charge in [-0.1, -0.05) is 19.9 Å². The molecule has 0 spiro atoms. The average molecular weight is 334 g/mol. The van der Waals surface area contributed by atoms with Crippen LogP contribution >= 0.6 is 0 Å². The summed E-state index contributed by atoms with van der Waals surface area (Å²) < 4.78 is 11.7. The summed E-state index contributed by atoms with van der Waals surface area (Å²) in [6, 6.07) is 5.96. The lowest BCUT2D eigenvalue weighted by Gasteiger charge is -2.35. The molecule has 0 aliphatic carbocycles. The van der Waals surface area contributed by atoms with Gasteiger partial charge in [0.1, 0.15) is 11.5 Å².